The first kappa shape index (κ1) is 16.9. The summed E-state index contributed by atoms with van der Waals surface area (Å²) in [6.07, 6.45) is 0. The predicted octanol–water partition coefficient (Wildman–Crippen LogP) is 1.65. The predicted molar refractivity (Wildman–Crippen MR) is 93.7 cm³/mol. The van der Waals surface area contributed by atoms with Crippen LogP contribution in [0.5, 0.6) is 5.75 Å². The SMILES string of the molecule is CCOc1cc(-c2cc(=O)c2=O)ccc1B1OC(C)(C)C(C)(C)O1. The Balaban J connectivity index is 1.99. The van der Waals surface area contributed by atoms with Gasteiger partial charge in [-0.2, -0.15) is 0 Å². The summed E-state index contributed by atoms with van der Waals surface area (Å²) >= 11 is 0. The quantitative estimate of drug-likeness (QED) is 0.631. The normalized spacial score (nSPS) is 19.0. The summed E-state index contributed by atoms with van der Waals surface area (Å²) in [6.45, 7) is 10.3. The van der Waals surface area contributed by atoms with Gasteiger partial charge in [-0.25, -0.2) is 0 Å². The van der Waals surface area contributed by atoms with Crippen LogP contribution in [0.1, 0.15) is 34.6 Å². The van der Waals surface area contributed by atoms with Crippen LogP contribution in [-0.4, -0.2) is 24.9 Å². The van der Waals surface area contributed by atoms with E-state index in [1.807, 2.05) is 40.7 Å². The van der Waals surface area contributed by atoms with Gasteiger partial charge in [0.15, 0.2) is 0 Å². The molecule has 0 spiro atoms. The third kappa shape index (κ3) is 2.60. The van der Waals surface area contributed by atoms with Crippen molar-refractivity contribution in [3.8, 4) is 16.9 Å². The van der Waals surface area contributed by atoms with Crippen LogP contribution in [0.4, 0.5) is 0 Å². The Labute approximate surface area is 141 Å². The molecular weight excluding hydrogens is 307 g/mol. The molecule has 1 aliphatic rings. The minimum absolute atomic E-state index is 0.418. The summed E-state index contributed by atoms with van der Waals surface area (Å²) in [7, 11) is -0.543. The number of rotatable bonds is 4. The van der Waals surface area contributed by atoms with Crippen LogP contribution in [0.25, 0.3) is 11.1 Å². The molecule has 0 N–H and O–H groups in total. The van der Waals surface area contributed by atoms with Crippen LogP contribution in [0.15, 0.2) is 33.9 Å². The van der Waals surface area contributed by atoms with E-state index in [1.165, 1.54) is 6.07 Å². The molecule has 0 amide bonds. The molecule has 2 aromatic rings. The van der Waals surface area contributed by atoms with Crippen molar-refractivity contribution in [2.75, 3.05) is 6.61 Å². The highest BCUT2D eigenvalue weighted by atomic mass is 16.7. The Hall–Kier alpha value is -1.92. The highest BCUT2D eigenvalue weighted by molar-refractivity contribution is 6.63. The molecule has 24 heavy (non-hydrogen) atoms. The third-order valence-electron chi connectivity index (χ3n) is 4.88. The zero-order valence-electron chi connectivity index (χ0n) is 14.6. The maximum Gasteiger partial charge on any atom is 0.498 e. The monoisotopic (exact) mass is 328 g/mol. The van der Waals surface area contributed by atoms with Gasteiger partial charge in [0.1, 0.15) is 5.75 Å². The summed E-state index contributed by atoms with van der Waals surface area (Å²) in [4.78, 5) is 22.8. The van der Waals surface area contributed by atoms with Gasteiger partial charge in [-0.3, -0.25) is 9.59 Å². The van der Waals surface area contributed by atoms with Gasteiger partial charge < -0.3 is 14.0 Å². The second-order valence-electron chi connectivity index (χ2n) is 7.03. The minimum atomic E-state index is -0.543. The summed E-state index contributed by atoms with van der Waals surface area (Å²) in [6, 6.07) is 6.74. The highest BCUT2D eigenvalue weighted by Crippen LogP contribution is 2.37. The molecule has 0 atom stereocenters. The molecule has 1 aliphatic heterocycles. The topological polar surface area (TPSA) is 61.8 Å². The van der Waals surface area contributed by atoms with E-state index in [-0.39, 0.29) is 0 Å². The lowest BCUT2D eigenvalue weighted by Crippen LogP contribution is -2.41. The van der Waals surface area contributed by atoms with Gasteiger partial charge in [-0.05, 0) is 46.2 Å². The fourth-order valence-corrected chi connectivity index (χ4v) is 2.68. The van der Waals surface area contributed by atoms with Gasteiger partial charge in [0.25, 0.3) is 0 Å². The Morgan fingerprint density at radius 2 is 1.67 bits per heavy atom. The average molecular weight is 328 g/mol. The molecule has 0 saturated carbocycles. The van der Waals surface area contributed by atoms with Gasteiger partial charge in [-0.1, -0.05) is 12.1 Å². The summed E-state index contributed by atoms with van der Waals surface area (Å²) < 4.78 is 17.9. The van der Waals surface area contributed by atoms with E-state index in [0.29, 0.717) is 23.5 Å². The second kappa shape index (κ2) is 5.57. The number of ether oxygens (including phenoxy) is 1. The zero-order valence-corrected chi connectivity index (χ0v) is 14.6. The second-order valence-corrected chi connectivity index (χ2v) is 7.03. The van der Waals surface area contributed by atoms with Crippen LogP contribution in [0.3, 0.4) is 0 Å². The standard InChI is InChI=1S/C18H21BO5/c1-6-22-15-9-11(12-10-14(20)16(12)21)7-8-13(15)19-23-17(2,3)18(4,5)24-19/h7-10H,6H2,1-5H3. The Morgan fingerprint density at radius 1 is 1.04 bits per heavy atom. The lowest BCUT2D eigenvalue weighted by molar-refractivity contribution is 0.00578. The first-order valence-electron chi connectivity index (χ1n) is 8.09. The largest absolute Gasteiger partial charge is 0.498 e. The summed E-state index contributed by atoms with van der Waals surface area (Å²) in [5.74, 6) is 0.599. The van der Waals surface area contributed by atoms with Gasteiger partial charge in [0.05, 0.1) is 17.8 Å². The maximum atomic E-state index is 11.6. The van der Waals surface area contributed by atoms with Crippen LogP contribution in [0.2, 0.25) is 0 Å². The van der Waals surface area contributed by atoms with Gasteiger partial charge in [0, 0.05) is 17.1 Å². The number of hydrogen-bond donors (Lipinski definition) is 0. The van der Waals surface area contributed by atoms with Crippen molar-refractivity contribution in [1.82, 2.24) is 0 Å². The van der Waals surface area contributed by atoms with Crippen molar-refractivity contribution in [3.05, 3.63) is 44.7 Å². The van der Waals surface area contributed by atoms with Crippen molar-refractivity contribution >= 4 is 12.6 Å². The third-order valence-corrected chi connectivity index (χ3v) is 4.88. The fourth-order valence-electron chi connectivity index (χ4n) is 2.68. The molecule has 1 fully saturated rings. The van der Waals surface area contributed by atoms with Crippen molar-refractivity contribution in [2.45, 2.75) is 45.8 Å². The van der Waals surface area contributed by atoms with E-state index in [1.54, 1.807) is 12.1 Å². The number of hydrogen-bond acceptors (Lipinski definition) is 5. The molecule has 1 heterocycles. The lowest BCUT2D eigenvalue weighted by Gasteiger charge is -2.32. The molecule has 0 aliphatic carbocycles. The smallest absolute Gasteiger partial charge is 0.494 e. The van der Waals surface area contributed by atoms with E-state index >= 15 is 0 Å². The van der Waals surface area contributed by atoms with Crippen molar-refractivity contribution < 1.29 is 14.0 Å². The molecule has 1 saturated heterocycles. The molecule has 0 aromatic heterocycles. The maximum absolute atomic E-state index is 11.6. The van der Waals surface area contributed by atoms with Crippen LogP contribution in [0, 0.1) is 0 Å². The fraction of sp³-hybridized carbons (Fsp3) is 0.444. The van der Waals surface area contributed by atoms with Gasteiger partial charge >= 0.3 is 7.12 Å². The van der Waals surface area contributed by atoms with E-state index in [9.17, 15) is 9.59 Å². The van der Waals surface area contributed by atoms with E-state index in [0.717, 1.165) is 5.46 Å². The Kier molecular flexibility index (Phi) is 3.93. The van der Waals surface area contributed by atoms with Crippen molar-refractivity contribution in [2.24, 2.45) is 0 Å². The molecule has 6 heteroatoms. The number of benzene rings is 1. The van der Waals surface area contributed by atoms with Gasteiger partial charge in [-0.15, -0.1) is 0 Å². The van der Waals surface area contributed by atoms with Gasteiger partial charge in [0.2, 0.25) is 10.9 Å². The molecular formula is C18H21BO5. The Morgan fingerprint density at radius 3 is 2.17 bits per heavy atom. The summed E-state index contributed by atoms with van der Waals surface area (Å²) in [5.41, 5.74) is 0.0544. The van der Waals surface area contributed by atoms with Crippen LogP contribution < -0.4 is 21.1 Å². The molecule has 2 aromatic carbocycles. The van der Waals surface area contributed by atoms with Crippen LogP contribution >= 0.6 is 0 Å². The van der Waals surface area contributed by atoms with Crippen molar-refractivity contribution in [1.29, 1.82) is 0 Å². The molecule has 126 valence electrons. The van der Waals surface area contributed by atoms with Crippen molar-refractivity contribution in [3.63, 3.8) is 0 Å². The molecule has 0 bridgehead atoms. The molecule has 3 rings (SSSR count). The highest BCUT2D eigenvalue weighted by Gasteiger charge is 2.52. The van der Waals surface area contributed by atoms with E-state index in [4.69, 9.17) is 14.0 Å². The molecule has 0 unspecified atom stereocenters. The molecule has 5 nitrogen and oxygen atoms in total. The van der Waals surface area contributed by atoms with Crippen LogP contribution in [-0.2, 0) is 9.31 Å². The van der Waals surface area contributed by atoms with E-state index in [2.05, 4.69) is 0 Å². The molecule has 0 radical (unpaired) electrons. The minimum Gasteiger partial charge on any atom is -0.494 e. The summed E-state index contributed by atoms with van der Waals surface area (Å²) in [5, 5.41) is 0. The zero-order chi connectivity index (χ0) is 17.7. The van der Waals surface area contributed by atoms with E-state index < -0.39 is 29.2 Å². The first-order valence-corrected chi connectivity index (χ1v) is 8.09. The first-order chi connectivity index (χ1) is 11.2. The lowest BCUT2D eigenvalue weighted by atomic mass is 9.77. The Bertz CT molecular complexity index is 829. The average Bonchev–Trinajstić information content (AvgIpc) is 2.72.